The summed E-state index contributed by atoms with van der Waals surface area (Å²) in [4.78, 5) is 0. The third-order valence-corrected chi connectivity index (χ3v) is 2.25. The van der Waals surface area contributed by atoms with E-state index in [0.717, 1.165) is 12.1 Å². The Morgan fingerprint density at radius 3 is 2.62 bits per heavy atom. The quantitative estimate of drug-likeness (QED) is 0.751. The van der Waals surface area contributed by atoms with Crippen molar-refractivity contribution >= 4 is 0 Å². The number of halogens is 2. The summed E-state index contributed by atoms with van der Waals surface area (Å²) in [6, 6.07) is 11.2. The van der Waals surface area contributed by atoms with Gasteiger partial charge >= 0.3 is 0 Å². The highest BCUT2D eigenvalue weighted by Gasteiger charge is 2.10. The molecule has 1 radical (unpaired) electrons. The Morgan fingerprint density at radius 2 is 1.88 bits per heavy atom. The molecule has 81 valence electrons. The van der Waals surface area contributed by atoms with E-state index in [1.54, 1.807) is 24.3 Å². The fraction of sp³-hybridized carbons (Fsp3) is 0.0769. The van der Waals surface area contributed by atoms with Gasteiger partial charge in [0, 0.05) is 17.2 Å². The Hall–Kier alpha value is -1.90. The fourth-order valence-corrected chi connectivity index (χ4v) is 1.52. The Kier molecular flexibility index (Phi) is 2.86. The summed E-state index contributed by atoms with van der Waals surface area (Å²) in [7, 11) is 1.49. The minimum atomic E-state index is -0.592. The van der Waals surface area contributed by atoms with Crippen molar-refractivity contribution in [2.75, 3.05) is 7.11 Å². The van der Waals surface area contributed by atoms with E-state index in [1.807, 2.05) is 0 Å². The summed E-state index contributed by atoms with van der Waals surface area (Å²) in [5, 5.41) is 0. The topological polar surface area (TPSA) is 9.23 Å². The minimum Gasteiger partial charge on any atom is -0.496 e. The van der Waals surface area contributed by atoms with Crippen molar-refractivity contribution in [2.45, 2.75) is 0 Å². The molecule has 0 fully saturated rings. The van der Waals surface area contributed by atoms with E-state index in [-0.39, 0.29) is 5.56 Å². The van der Waals surface area contributed by atoms with Crippen LogP contribution in [0, 0.1) is 17.7 Å². The van der Waals surface area contributed by atoms with Gasteiger partial charge < -0.3 is 4.74 Å². The van der Waals surface area contributed by atoms with Gasteiger partial charge in [0.2, 0.25) is 0 Å². The normalized spacial score (nSPS) is 10.2. The van der Waals surface area contributed by atoms with Gasteiger partial charge in [-0.05, 0) is 18.2 Å². The maximum atomic E-state index is 13.5. The molecule has 1 nitrogen and oxygen atoms in total. The molecule has 0 bridgehead atoms. The summed E-state index contributed by atoms with van der Waals surface area (Å²) < 4.78 is 31.6. The molecular formula is C13H9F2O. The standard InChI is InChI=1S/C13H9F2O/c1-16-13-5-3-2-4-10(13)11-8-9(14)6-7-12(11)15/h2-6,8H,1H3. The van der Waals surface area contributed by atoms with Crippen LogP contribution in [-0.4, -0.2) is 7.11 Å². The van der Waals surface area contributed by atoms with E-state index < -0.39 is 11.6 Å². The molecule has 0 aromatic heterocycles. The number of hydrogen-bond donors (Lipinski definition) is 0. The zero-order chi connectivity index (χ0) is 11.5. The molecule has 0 saturated carbocycles. The number of hydrogen-bond acceptors (Lipinski definition) is 1. The molecule has 0 N–H and O–H groups in total. The van der Waals surface area contributed by atoms with Crippen LogP contribution in [0.3, 0.4) is 0 Å². The van der Waals surface area contributed by atoms with E-state index in [2.05, 4.69) is 6.07 Å². The molecule has 0 unspecified atom stereocenters. The number of benzene rings is 2. The molecule has 2 aromatic carbocycles. The highest BCUT2D eigenvalue weighted by atomic mass is 19.1. The Morgan fingerprint density at radius 1 is 1.12 bits per heavy atom. The van der Waals surface area contributed by atoms with Gasteiger partial charge in [-0.3, -0.25) is 0 Å². The predicted octanol–water partition coefficient (Wildman–Crippen LogP) is 3.44. The molecule has 0 saturated heterocycles. The van der Waals surface area contributed by atoms with E-state index in [4.69, 9.17) is 4.74 Å². The summed E-state index contributed by atoms with van der Waals surface area (Å²) in [5.74, 6) is -0.617. The monoisotopic (exact) mass is 219 g/mol. The van der Waals surface area contributed by atoms with Crippen LogP contribution in [0.2, 0.25) is 0 Å². The molecule has 3 heteroatoms. The van der Waals surface area contributed by atoms with Gasteiger partial charge in [-0.15, -0.1) is 0 Å². The lowest BCUT2D eigenvalue weighted by atomic mass is 10.0. The van der Waals surface area contributed by atoms with Gasteiger partial charge in [0.25, 0.3) is 0 Å². The van der Waals surface area contributed by atoms with E-state index in [1.165, 1.54) is 7.11 Å². The predicted molar refractivity (Wildman–Crippen MR) is 57.2 cm³/mol. The zero-order valence-corrected chi connectivity index (χ0v) is 8.63. The first kappa shape index (κ1) is 10.6. The van der Waals surface area contributed by atoms with Gasteiger partial charge in [-0.2, -0.15) is 0 Å². The number of para-hydroxylation sites is 1. The molecule has 0 amide bonds. The molecule has 0 spiro atoms. The molecule has 0 aliphatic heterocycles. The second kappa shape index (κ2) is 4.31. The van der Waals surface area contributed by atoms with E-state index in [0.29, 0.717) is 11.3 Å². The maximum absolute atomic E-state index is 13.5. The average molecular weight is 219 g/mol. The second-order valence-corrected chi connectivity index (χ2v) is 3.25. The third kappa shape index (κ3) is 1.89. The Balaban J connectivity index is 2.62. The Bertz CT molecular complexity index is 509. The number of methoxy groups -OCH3 is 1. The van der Waals surface area contributed by atoms with Crippen LogP contribution in [0.5, 0.6) is 5.75 Å². The van der Waals surface area contributed by atoms with Crippen molar-refractivity contribution in [3.05, 3.63) is 54.1 Å². The van der Waals surface area contributed by atoms with Crippen LogP contribution >= 0.6 is 0 Å². The maximum Gasteiger partial charge on any atom is 0.139 e. The number of rotatable bonds is 2. The Labute approximate surface area is 92.3 Å². The molecule has 0 atom stereocenters. The van der Waals surface area contributed by atoms with Crippen LogP contribution in [0.15, 0.2) is 36.4 Å². The molecule has 16 heavy (non-hydrogen) atoms. The lowest BCUT2D eigenvalue weighted by molar-refractivity contribution is 0.416. The summed E-state index contributed by atoms with van der Waals surface area (Å²) in [6.07, 6.45) is 0. The van der Waals surface area contributed by atoms with Gasteiger partial charge in [-0.25, -0.2) is 8.78 Å². The van der Waals surface area contributed by atoms with Crippen LogP contribution in [-0.2, 0) is 0 Å². The highest BCUT2D eigenvalue weighted by molar-refractivity contribution is 5.70. The van der Waals surface area contributed by atoms with Crippen LogP contribution in [0.1, 0.15) is 0 Å². The fourth-order valence-electron chi connectivity index (χ4n) is 1.52. The molecule has 0 aliphatic rings. The highest BCUT2D eigenvalue weighted by Crippen LogP contribution is 2.31. The lowest BCUT2D eigenvalue weighted by Gasteiger charge is -2.08. The van der Waals surface area contributed by atoms with Crippen molar-refractivity contribution in [1.29, 1.82) is 0 Å². The molecule has 0 aliphatic carbocycles. The van der Waals surface area contributed by atoms with Gasteiger partial charge in [0.15, 0.2) is 0 Å². The second-order valence-electron chi connectivity index (χ2n) is 3.25. The SMILES string of the molecule is COc1ccccc1-c1cc(F)c[c]c1F. The van der Waals surface area contributed by atoms with Crippen molar-refractivity contribution in [3.8, 4) is 16.9 Å². The first-order chi connectivity index (χ1) is 7.72. The van der Waals surface area contributed by atoms with Crippen LogP contribution in [0.25, 0.3) is 11.1 Å². The molecular weight excluding hydrogens is 210 g/mol. The first-order valence-electron chi connectivity index (χ1n) is 4.72. The third-order valence-electron chi connectivity index (χ3n) is 2.25. The first-order valence-corrected chi connectivity index (χ1v) is 4.72. The van der Waals surface area contributed by atoms with Crippen molar-refractivity contribution < 1.29 is 13.5 Å². The smallest absolute Gasteiger partial charge is 0.139 e. The van der Waals surface area contributed by atoms with Gasteiger partial charge in [0.05, 0.1) is 7.11 Å². The molecule has 2 aromatic rings. The van der Waals surface area contributed by atoms with Crippen molar-refractivity contribution in [1.82, 2.24) is 0 Å². The van der Waals surface area contributed by atoms with Gasteiger partial charge in [0.1, 0.15) is 17.4 Å². The van der Waals surface area contributed by atoms with Crippen LogP contribution < -0.4 is 4.74 Å². The summed E-state index contributed by atoms with van der Waals surface area (Å²) in [5.41, 5.74) is 0.663. The van der Waals surface area contributed by atoms with Crippen molar-refractivity contribution in [3.63, 3.8) is 0 Å². The number of ether oxygens (including phenoxy) is 1. The van der Waals surface area contributed by atoms with Crippen LogP contribution in [0.4, 0.5) is 8.78 Å². The van der Waals surface area contributed by atoms with Gasteiger partial charge in [-0.1, -0.05) is 18.2 Å². The largest absolute Gasteiger partial charge is 0.496 e. The lowest BCUT2D eigenvalue weighted by Crippen LogP contribution is -1.91. The van der Waals surface area contributed by atoms with Crippen molar-refractivity contribution in [2.24, 2.45) is 0 Å². The zero-order valence-electron chi connectivity index (χ0n) is 8.63. The minimum absolute atomic E-state index is 0.150. The van der Waals surface area contributed by atoms with E-state index >= 15 is 0 Å². The molecule has 2 rings (SSSR count). The summed E-state index contributed by atoms with van der Waals surface area (Å²) in [6.45, 7) is 0. The van der Waals surface area contributed by atoms with E-state index in [9.17, 15) is 8.78 Å². The summed E-state index contributed by atoms with van der Waals surface area (Å²) >= 11 is 0. The average Bonchev–Trinajstić information content (AvgIpc) is 2.32. The molecule has 0 heterocycles.